The molecule has 0 aliphatic carbocycles. The second-order valence-electron chi connectivity index (χ2n) is 4.31. The van der Waals surface area contributed by atoms with Crippen LogP contribution in [0.2, 0.25) is 0 Å². The third-order valence-electron chi connectivity index (χ3n) is 2.95. The molecule has 0 saturated carbocycles. The Balaban J connectivity index is 2.60. The van der Waals surface area contributed by atoms with Crippen LogP contribution in [0, 0.1) is 0 Å². The summed E-state index contributed by atoms with van der Waals surface area (Å²) in [6.45, 7) is 0.519. The highest BCUT2D eigenvalue weighted by Gasteiger charge is 2.16. The number of aryl methyl sites for hydroxylation is 1. The van der Waals surface area contributed by atoms with Crippen molar-refractivity contribution in [2.45, 2.75) is 13.0 Å². The van der Waals surface area contributed by atoms with E-state index in [0.717, 1.165) is 0 Å². The Morgan fingerprint density at radius 1 is 1.30 bits per heavy atom. The average molecular weight is 283 g/mol. The van der Waals surface area contributed by atoms with Gasteiger partial charge in [-0.3, -0.25) is 14.3 Å². The zero-order valence-corrected chi connectivity index (χ0v) is 11.1. The zero-order chi connectivity index (χ0) is 14.7. The number of anilines is 1. The van der Waals surface area contributed by atoms with E-state index in [1.54, 1.807) is 0 Å². The molecule has 9 heteroatoms. The fourth-order valence-electron chi connectivity index (χ4n) is 1.97. The molecule has 0 amide bonds. The first kappa shape index (κ1) is 14.3. The maximum Gasteiger partial charge on any atom is 0.329 e. The van der Waals surface area contributed by atoms with Gasteiger partial charge in [-0.05, 0) is 6.42 Å². The number of hydrogen-bond donors (Lipinski definition) is 4. The summed E-state index contributed by atoms with van der Waals surface area (Å²) in [5, 5.41) is 20.9. The first-order valence-electron chi connectivity index (χ1n) is 6.25. The summed E-state index contributed by atoms with van der Waals surface area (Å²) in [5.74, 6) is 0.384. The minimum absolute atomic E-state index is 0.0340. The highest BCUT2D eigenvalue weighted by atomic mass is 16.3. The molecule has 0 spiro atoms. The predicted octanol–water partition coefficient (Wildman–Crippen LogP) is -1.79. The molecule has 4 N–H and O–H groups in total. The summed E-state index contributed by atoms with van der Waals surface area (Å²) in [6, 6.07) is 0. The number of fused-ring (bicyclic) bond motifs is 1. The lowest BCUT2D eigenvalue weighted by molar-refractivity contribution is 0.278. The van der Waals surface area contributed by atoms with Gasteiger partial charge in [0.05, 0.1) is 6.61 Å². The summed E-state index contributed by atoms with van der Waals surface area (Å²) >= 11 is 0. The molecule has 110 valence electrons. The van der Waals surface area contributed by atoms with Crippen LogP contribution in [-0.4, -0.2) is 49.1 Å². The Bertz CT molecular complexity index is 714. The van der Waals surface area contributed by atoms with Crippen LogP contribution in [0.25, 0.3) is 11.2 Å². The van der Waals surface area contributed by atoms with Gasteiger partial charge in [0.25, 0.3) is 5.56 Å². The standard InChI is InChI=1S/C11H17N5O4/c1-15-8-7(9(19)14-11(15)20)16(4-6-18)10(13-8)12-3-2-5-17/h17-18H,2-6H2,1H3,(H,12,13)(H,14,19,20). The quantitative estimate of drug-likeness (QED) is 0.464. The van der Waals surface area contributed by atoms with Crippen molar-refractivity contribution in [1.82, 2.24) is 19.1 Å². The van der Waals surface area contributed by atoms with Gasteiger partial charge in [0, 0.05) is 26.7 Å². The Morgan fingerprint density at radius 2 is 2.05 bits per heavy atom. The number of H-pyrrole nitrogens is 1. The van der Waals surface area contributed by atoms with Crippen molar-refractivity contribution in [2.24, 2.45) is 7.05 Å². The molecule has 0 aliphatic heterocycles. The van der Waals surface area contributed by atoms with Crippen LogP contribution < -0.4 is 16.6 Å². The lowest BCUT2D eigenvalue weighted by Crippen LogP contribution is -2.29. The van der Waals surface area contributed by atoms with Crippen molar-refractivity contribution < 1.29 is 10.2 Å². The van der Waals surface area contributed by atoms with Gasteiger partial charge in [-0.1, -0.05) is 0 Å². The van der Waals surface area contributed by atoms with Gasteiger partial charge in [0.1, 0.15) is 0 Å². The number of aliphatic hydroxyl groups excluding tert-OH is 2. The molecule has 2 rings (SSSR count). The summed E-state index contributed by atoms with van der Waals surface area (Å²) < 4.78 is 2.76. The second kappa shape index (κ2) is 5.88. The van der Waals surface area contributed by atoms with Crippen molar-refractivity contribution in [3.8, 4) is 0 Å². The summed E-state index contributed by atoms with van der Waals surface area (Å²) in [7, 11) is 1.51. The van der Waals surface area contributed by atoms with Crippen LogP contribution in [0.5, 0.6) is 0 Å². The van der Waals surface area contributed by atoms with E-state index in [0.29, 0.717) is 18.9 Å². The molecule has 0 aromatic carbocycles. The number of rotatable bonds is 6. The van der Waals surface area contributed by atoms with Crippen LogP contribution in [-0.2, 0) is 13.6 Å². The van der Waals surface area contributed by atoms with E-state index >= 15 is 0 Å². The lowest BCUT2D eigenvalue weighted by atomic mass is 10.4. The smallest absolute Gasteiger partial charge is 0.329 e. The van der Waals surface area contributed by atoms with Crippen molar-refractivity contribution in [3.05, 3.63) is 20.8 Å². The first-order valence-corrected chi connectivity index (χ1v) is 6.25. The molecule has 0 saturated heterocycles. The van der Waals surface area contributed by atoms with Gasteiger partial charge in [0.2, 0.25) is 5.95 Å². The van der Waals surface area contributed by atoms with E-state index in [9.17, 15) is 9.59 Å². The Morgan fingerprint density at radius 3 is 2.70 bits per heavy atom. The second-order valence-corrected chi connectivity index (χ2v) is 4.31. The number of aromatic amines is 1. The van der Waals surface area contributed by atoms with Crippen LogP contribution in [0.3, 0.4) is 0 Å². The Hall–Kier alpha value is -2.13. The molecule has 9 nitrogen and oxygen atoms in total. The first-order chi connectivity index (χ1) is 9.60. The number of imidazole rings is 1. The zero-order valence-electron chi connectivity index (χ0n) is 11.1. The van der Waals surface area contributed by atoms with Crippen LogP contribution in [0.4, 0.5) is 5.95 Å². The molecule has 2 aromatic heterocycles. The topological polar surface area (TPSA) is 125 Å². The van der Waals surface area contributed by atoms with Crippen molar-refractivity contribution in [3.63, 3.8) is 0 Å². The number of nitrogens with one attached hydrogen (secondary N) is 2. The van der Waals surface area contributed by atoms with E-state index in [1.807, 2.05) is 0 Å². The third-order valence-corrected chi connectivity index (χ3v) is 2.95. The molecular weight excluding hydrogens is 266 g/mol. The third kappa shape index (κ3) is 2.45. The van der Waals surface area contributed by atoms with Gasteiger partial charge in [0.15, 0.2) is 11.2 Å². The fraction of sp³-hybridized carbons (Fsp3) is 0.545. The molecule has 0 aliphatic rings. The number of aliphatic hydroxyl groups is 2. The monoisotopic (exact) mass is 283 g/mol. The summed E-state index contributed by atoms with van der Waals surface area (Å²) in [6.07, 6.45) is 0.525. The van der Waals surface area contributed by atoms with Gasteiger partial charge in [-0.15, -0.1) is 0 Å². The SMILES string of the molecule is Cn1c(=O)[nH]c(=O)c2c1nc(NCCCO)n2CCO. The molecule has 2 aromatic rings. The minimum Gasteiger partial charge on any atom is -0.396 e. The average Bonchev–Trinajstić information content (AvgIpc) is 2.77. The van der Waals surface area contributed by atoms with Crippen LogP contribution in [0.1, 0.15) is 6.42 Å². The molecule has 0 bridgehead atoms. The van der Waals surface area contributed by atoms with Crippen LogP contribution in [0.15, 0.2) is 9.59 Å². The van der Waals surface area contributed by atoms with E-state index < -0.39 is 11.2 Å². The molecule has 2 heterocycles. The summed E-state index contributed by atoms with van der Waals surface area (Å²) in [4.78, 5) is 29.9. The fourth-order valence-corrected chi connectivity index (χ4v) is 1.97. The lowest BCUT2D eigenvalue weighted by Gasteiger charge is -2.08. The van der Waals surface area contributed by atoms with E-state index in [-0.39, 0.29) is 30.9 Å². The molecule has 0 radical (unpaired) electrons. The number of aromatic nitrogens is 4. The predicted molar refractivity (Wildman–Crippen MR) is 72.9 cm³/mol. The largest absolute Gasteiger partial charge is 0.396 e. The van der Waals surface area contributed by atoms with Crippen molar-refractivity contribution in [1.29, 1.82) is 0 Å². The minimum atomic E-state index is -0.543. The summed E-state index contributed by atoms with van der Waals surface area (Å²) in [5.41, 5.74) is -0.608. The molecule has 20 heavy (non-hydrogen) atoms. The molecular formula is C11H17N5O4. The van der Waals surface area contributed by atoms with Gasteiger partial charge in [-0.25, -0.2) is 4.79 Å². The maximum atomic E-state index is 11.9. The molecule has 0 unspecified atom stereocenters. The highest BCUT2D eigenvalue weighted by Crippen LogP contribution is 2.14. The van der Waals surface area contributed by atoms with Gasteiger partial charge >= 0.3 is 5.69 Å². The molecule has 0 fully saturated rings. The molecule has 0 atom stereocenters. The van der Waals surface area contributed by atoms with E-state index in [4.69, 9.17) is 10.2 Å². The van der Waals surface area contributed by atoms with E-state index in [1.165, 1.54) is 16.2 Å². The van der Waals surface area contributed by atoms with Crippen molar-refractivity contribution >= 4 is 17.1 Å². The van der Waals surface area contributed by atoms with Crippen molar-refractivity contribution in [2.75, 3.05) is 25.1 Å². The highest BCUT2D eigenvalue weighted by molar-refractivity contribution is 5.74. The van der Waals surface area contributed by atoms with Crippen LogP contribution >= 0.6 is 0 Å². The van der Waals surface area contributed by atoms with E-state index in [2.05, 4.69) is 15.3 Å². The maximum absolute atomic E-state index is 11.9. The Kier molecular flexibility index (Phi) is 4.20. The van der Waals surface area contributed by atoms with Gasteiger partial charge < -0.3 is 20.1 Å². The number of nitrogens with zero attached hydrogens (tertiary/aromatic N) is 3. The van der Waals surface area contributed by atoms with Gasteiger partial charge in [-0.2, -0.15) is 4.98 Å². The number of hydrogen-bond acceptors (Lipinski definition) is 6. The normalized spacial score (nSPS) is 11.2. The Labute approximate surface area is 113 Å².